The molecule has 0 fully saturated rings. The molecule has 1 N–H and O–H groups in total. The van der Waals surface area contributed by atoms with E-state index >= 15 is 0 Å². The molecule has 5 nitrogen and oxygen atoms in total. The van der Waals surface area contributed by atoms with Gasteiger partial charge in [0.2, 0.25) is 0 Å². The summed E-state index contributed by atoms with van der Waals surface area (Å²) in [7, 11) is 0. The Kier molecular flexibility index (Phi) is 4.42. The Morgan fingerprint density at radius 3 is 2.78 bits per heavy atom. The highest BCUT2D eigenvalue weighted by Crippen LogP contribution is 2.18. The van der Waals surface area contributed by atoms with Crippen molar-refractivity contribution in [2.75, 3.05) is 6.54 Å². The lowest BCUT2D eigenvalue weighted by Gasteiger charge is -2.03. The number of benzene rings is 1. The molecule has 0 bridgehead atoms. The molecule has 0 saturated carbocycles. The zero-order chi connectivity index (χ0) is 16.1. The van der Waals surface area contributed by atoms with Crippen LogP contribution >= 0.6 is 0 Å². The van der Waals surface area contributed by atoms with E-state index in [0.717, 1.165) is 11.1 Å². The summed E-state index contributed by atoms with van der Waals surface area (Å²) in [4.78, 5) is 16.0. The molecule has 0 unspecified atom stereocenters. The van der Waals surface area contributed by atoms with Crippen molar-refractivity contribution in [1.29, 1.82) is 0 Å². The quantitative estimate of drug-likeness (QED) is 0.786. The molecule has 2 aromatic heterocycles. The second kappa shape index (κ2) is 6.83. The summed E-state index contributed by atoms with van der Waals surface area (Å²) >= 11 is 0. The number of halogens is 1. The van der Waals surface area contributed by atoms with E-state index in [1.54, 1.807) is 36.7 Å². The molecule has 6 heteroatoms. The van der Waals surface area contributed by atoms with Gasteiger partial charge in [-0.25, -0.2) is 4.39 Å². The molecule has 1 amide bonds. The van der Waals surface area contributed by atoms with E-state index in [9.17, 15) is 9.18 Å². The second-order valence-corrected chi connectivity index (χ2v) is 4.95. The number of rotatable bonds is 5. The number of amides is 1. The number of hydrogen-bond acceptors (Lipinski definition) is 4. The van der Waals surface area contributed by atoms with Crippen LogP contribution in [0.2, 0.25) is 0 Å². The number of hydrogen-bond donors (Lipinski definition) is 1. The predicted octanol–water partition coefficient (Wildman–Crippen LogP) is 2.85. The lowest BCUT2D eigenvalue weighted by atomic mass is 10.1. The van der Waals surface area contributed by atoms with Crippen LogP contribution in [0.15, 0.2) is 59.4 Å². The Bertz CT molecular complexity index is 785. The average molecular weight is 311 g/mol. The van der Waals surface area contributed by atoms with Gasteiger partial charge in [0.05, 0.1) is 0 Å². The van der Waals surface area contributed by atoms with Gasteiger partial charge < -0.3 is 9.84 Å². The first-order valence-corrected chi connectivity index (χ1v) is 7.12. The highest BCUT2D eigenvalue weighted by molar-refractivity contribution is 5.93. The van der Waals surface area contributed by atoms with Crippen LogP contribution in [0.3, 0.4) is 0 Å². The molecule has 0 spiro atoms. The fraction of sp³-hybridized carbons (Fsp3) is 0.118. The van der Waals surface area contributed by atoms with Crippen molar-refractivity contribution in [3.63, 3.8) is 0 Å². The summed E-state index contributed by atoms with van der Waals surface area (Å²) in [6.07, 6.45) is 3.90. The number of carbonyl (C=O) groups excluding carboxylic acids is 1. The Morgan fingerprint density at radius 1 is 1.22 bits per heavy atom. The normalized spacial score (nSPS) is 10.5. The van der Waals surface area contributed by atoms with Crippen molar-refractivity contribution in [3.8, 4) is 11.3 Å². The van der Waals surface area contributed by atoms with E-state index in [4.69, 9.17) is 4.52 Å². The van der Waals surface area contributed by atoms with Crippen LogP contribution in [0.25, 0.3) is 11.3 Å². The Balaban J connectivity index is 1.56. The molecule has 0 aliphatic heterocycles. The fourth-order valence-electron chi connectivity index (χ4n) is 2.09. The monoisotopic (exact) mass is 311 g/mol. The largest absolute Gasteiger partial charge is 0.355 e. The molecule has 0 atom stereocenters. The minimum Gasteiger partial charge on any atom is -0.355 e. The van der Waals surface area contributed by atoms with E-state index in [2.05, 4.69) is 15.5 Å². The van der Waals surface area contributed by atoms with Crippen molar-refractivity contribution >= 4 is 5.91 Å². The first-order chi connectivity index (χ1) is 11.2. The Morgan fingerprint density at radius 2 is 2.04 bits per heavy atom. The van der Waals surface area contributed by atoms with Gasteiger partial charge in [0, 0.05) is 30.6 Å². The summed E-state index contributed by atoms with van der Waals surface area (Å²) in [6, 6.07) is 11.4. The average Bonchev–Trinajstić information content (AvgIpc) is 3.07. The smallest absolute Gasteiger partial charge is 0.273 e. The van der Waals surface area contributed by atoms with Gasteiger partial charge in [0.1, 0.15) is 5.82 Å². The van der Waals surface area contributed by atoms with Gasteiger partial charge in [-0.1, -0.05) is 17.3 Å². The molecule has 0 radical (unpaired) electrons. The third-order valence-corrected chi connectivity index (χ3v) is 3.30. The summed E-state index contributed by atoms with van der Waals surface area (Å²) in [5.74, 6) is -0.101. The first kappa shape index (κ1) is 14.9. The predicted molar refractivity (Wildman–Crippen MR) is 82.2 cm³/mol. The SMILES string of the molecule is O=C(NCCc1ccc(F)cc1)c1cc(-c2cccnc2)on1. The highest BCUT2D eigenvalue weighted by Gasteiger charge is 2.13. The van der Waals surface area contributed by atoms with Gasteiger partial charge in [-0.05, 0) is 36.2 Å². The van der Waals surface area contributed by atoms with Crippen molar-refractivity contribution in [2.45, 2.75) is 6.42 Å². The van der Waals surface area contributed by atoms with Crippen LogP contribution in [0, 0.1) is 5.82 Å². The van der Waals surface area contributed by atoms with Crippen molar-refractivity contribution in [1.82, 2.24) is 15.5 Å². The molecule has 0 saturated heterocycles. The summed E-state index contributed by atoms with van der Waals surface area (Å²) in [5, 5.41) is 6.52. The van der Waals surface area contributed by atoms with Crippen molar-refractivity contribution in [2.24, 2.45) is 0 Å². The molecule has 23 heavy (non-hydrogen) atoms. The van der Waals surface area contributed by atoms with E-state index in [1.165, 1.54) is 12.1 Å². The first-order valence-electron chi connectivity index (χ1n) is 7.12. The van der Waals surface area contributed by atoms with Crippen molar-refractivity contribution < 1.29 is 13.7 Å². The van der Waals surface area contributed by atoms with E-state index < -0.39 is 0 Å². The minimum absolute atomic E-state index is 0.211. The minimum atomic E-state index is -0.314. The summed E-state index contributed by atoms with van der Waals surface area (Å²) in [6.45, 7) is 0.430. The molecule has 0 aliphatic carbocycles. The number of carbonyl (C=O) groups is 1. The standard InChI is InChI=1S/C17H14FN3O2/c18-14-5-3-12(4-6-14)7-9-20-17(22)15-10-16(23-21-15)13-2-1-8-19-11-13/h1-6,8,10-11H,7,9H2,(H,20,22). The molecule has 3 rings (SSSR count). The van der Waals surface area contributed by atoms with E-state index in [1.807, 2.05) is 6.07 Å². The Hall–Kier alpha value is -3.02. The van der Waals surface area contributed by atoms with Crippen LogP contribution in [0.5, 0.6) is 0 Å². The maximum Gasteiger partial charge on any atom is 0.273 e. The zero-order valence-corrected chi connectivity index (χ0v) is 12.2. The van der Waals surface area contributed by atoms with Crippen LogP contribution in [-0.2, 0) is 6.42 Å². The fourth-order valence-corrected chi connectivity index (χ4v) is 2.09. The van der Waals surface area contributed by atoms with Gasteiger partial charge in [0.15, 0.2) is 11.5 Å². The topological polar surface area (TPSA) is 68.0 Å². The lowest BCUT2D eigenvalue weighted by Crippen LogP contribution is -2.25. The van der Waals surface area contributed by atoms with Gasteiger partial charge in [0.25, 0.3) is 5.91 Å². The van der Waals surface area contributed by atoms with Crippen LogP contribution in [0.1, 0.15) is 16.1 Å². The maximum absolute atomic E-state index is 12.8. The van der Waals surface area contributed by atoms with Crippen LogP contribution < -0.4 is 5.32 Å². The number of pyridine rings is 1. The number of aromatic nitrogens is 2. The van der Waals surface area contributed by atoms with Gasteiger partial charge >= 0.3 is 0 Å². The molecule has 3 aromatic rings. The second-order valence-electron chi connectivity index (χ2n) is 4.95. The molecular formula is C17H14FN3O2. The van der Waals surface area contributed by atoms with E-state index in [0.29, 0.717) is 18.7 Å². The molecule has 2 heterocycles. The molecule has 116 valence electrons. The molecular weight excluding hydrogens is 297 g/mol. The van der Waals surface area contributed by atoms with Crippen LogP contribution in [0.4, 0.5) is 4.39 Å². The third-order valence-electron chi connectivity index (χ3n) is 3.30. The van der Waals surface area contributed by atoms with Gasteiger partial charge in [-0.15, -0.1) is 0 Å². The Labute approximate surface area is 132 Å². The van der Waals surface area contributed by atoms with Gasteiger partial charge in [-0.3, -0.25) is 9.78 Å². The zero-order valence-electron chi connectivity index (χ0n) is 12.2. The number of nitrogens with zero attached hydrogens (tertiary/aromatic N) is 2. The third kappa shape index (κ3) is 3.79. The number of nitrogens with one attached hydrogen (secondary N) is 1. The summed E-state index contributed by atoms with van der Waals surface area (Å²) in [5.41, 5.74) is 1.91. The highest BCUT2D eigenvalue weighted by atomic mass is 19.1. The van der Waals surface area contributed by atoms with Crippen LogP contribution in [-0.4, -0.2) is 22.6 Å². The molecule has 0 aliphatic rings. The summed E-state index contributed by atoms with van der Waals surface area (Å²) < 4.78 is 18.0. The maximum atomic E-state index is 12.8. The lowest BCUT2D eigenvalue weighted by molar-refractivity contribution is 0.0945. The van der Waals surface area contributed by atoms with E-state index in [-0.39, 0.29) is 17.4 Å². The molecule has 1 aromatic carbocycles. The van der Waals surface area contributed by atoms with Crippen molar-refractivity contribution in [3.05, 3.63) is 71.9 Å². The van der Waals surface area contributed by atoms with Gasteiger partial charge in [-0.2, -0.15) is 0 Å².